The SMILES string of the molecule is O=C1OCc2cc(Cl)ccc2N1C1CCN(S(=O)C2=CC(Cl)=CC=CC2Cl)CC1. The average Bonchev–Trinajstić information content (AvgIpc) is 2.88. The van der Waals surface area contributed by atoms with Crippen LogP contribution in [-0.2, 0) is 22.3 Å². The van der Waals surface area contributed by atoms with Gasteiger partial charge in [-0.3, -0.25) is 4.90 Å². The van der Waals surface area contributed by atoms with E-state index in [1.165, 1.54) is 0 Å². The summed E-state index contributed by atoms with van der Waals surface area (Å²) in [6.45, 7) is 1.35. The minimum atomic E-state index is -1.40. The van der Waals surface area contributed by atoms with Gasteiger partial charge in [-0.15, -0.1) is 11.6 Å². The topological polar surface area (TPSA) is 49.9 Å². The summed E-state index contributed by atoms with van der Waals surface area (Å²) < 4.78 is 20.3. The molecule has 0 radical (unpaired) electrons. The first-order valence-electron chi connectivity index (χ1n) is 9.25. The Labute approximate surface area is 187 Å². The van der Waals surface area contributed by atoms with Crippen molar-refractivity contribution in [3.05, 3.63) is 63.0 Å². The van der Waals surface area contributed by atoms with Crippen LogP contribution in [0.1, 0.15) is 18.4 Å². The molecular formula is C20H19Cl3N2O3S. The van der Waals surface area contributed by atoms with Crippen LogP contribution in [0.2, 0.25) is 5.02 Å². The van der Waals surface area contributed by atoms with Gasteiger partial charge >= 0.3 is 6.09 Å². The van der Waals surface area contributed by atoms with Gasteiger partial charge in [0.25, 0.3) is 0 Å². The average molecular weight is 474 g/mol. The van der Waals surface area contributed by atoms with Crippen LogP contribution in [0.25, 0.3) is 0 Å². The summed E-state index contributed by atoms with van der Waals surface area (Å²) in [7, 11) is -1.40. The Morgan fingerprint density at radius 2 is 1.93 bits per heavy atom. The first kappa shape index (κ1) is 20.9. The number of allylic oxidation sites excluding steroid dienone is 6. The number of cyclic esters (lactones) is 1. The van der Waals surface area contributed by atoms with E-state index >= 15 is 0 Å². The molecule has 5 nitrogen and oxygen atoms in total. The molecule has 2 unspecified atom stereocenters. The van der Waals surface area contributed by atoms with Gasteiger partial charge < -0.3 is 4.74 Å². The van der Waals surface area contributed by atoms with Crippen LogP contribution in [0.4, 0.5) is 10.5 Å². The third-order valence-electron chi connectivity index (χ3n) is 5.16. The van der Waals surface area contributed by atoms with Gasteiger partial charge in [-0.05, 0) is 43.2 Å². The fourth-order valence-electron chi connectivity index (χ4n) is 3.72. The molecule has 0 aromatic heterocycles. The van der Waals surface area contributed by atoms with Crippen LogP contribution in [0.5, 0.6) is 0 Å². The van der Waals surface area contributed by atoms with Gasteiger partial charge in [0.15, 0.2) is 0 Å². The van der Waals surface area contributed by atoms with Crippen molar-refractivity contribution in [1.29, 1.82) is 0 Å². The summed E-state index contributed by atoms with van der Waals surface area (Å²) >= 11 is 18.6. The zero-order valence-electron chi connectivity index (χ0n) is 15.4. The predicted octanol–water partition coefficient (Wildman–Crippen LogP) is 5.11. The van der Waals surface area contributed by atoms with E-state index in [1.54, 1.807) is 35.3 Å². The van der Waals surface area contributed by atoms with Gasteiger partial charge in [0.1, 0.15) is 17.6 Å². The number of anilines is 1. The number of carbonyl (C=O) groups is 1. The fourth-order valence-corrected chi connectivity index (χ4v) is 5.89. The van der Waals surface area contributed by atoms with Crippen LogP contribution >= 0.6 is 34.8 Å². The largest absolute Gasteiger partial charge is 0.444 e. The van der Waals surface area contributed by atoms with Crippen LogP contribution < -0.4 is 4.90 Å². The van der Waals surface area contributed by atoms with Crippen molar-refractivity contribution < 1.29 is 13.7 Å². The Morgan fingerprint density at radius 3 is 2.69 bits per heavy atom. The number of halogens is 3. The van der Waals surface area contributed by atoms with Gasteiger partial charge in [0.2, 0.25) is 0 Å². The summed E-state index contributed by atoms with van der Waals surface area (Å²) in [5.41, 5.74) is 1.73. The number of nitrogens with zero attached hydrogens (tertiary/aromatic N) is 2. The first-order chi connectivity index (χ1) is 13.9. The van der Waals surface area contributed by atoms with Gasteiger partial charge in [-0.2, -0.15) is 0 Å². The maximum Gasteiger partial charge on any atom is 0.414 e. The normalized spacial score (nSPS) is 24.3. The third kappa shape index (κ3) is 4.42. The lowest BCUT2D eigenvalue weighted by Gasteiger charge is -2.40. The number of benzene rings is 1. The van der Waals surface area contributed by atoms with Gasteiger partial charge in [0.05, 0.1) is 16.0 Å². The molecule has 9 heteroatoms. The van der Waals surface area contributed by atoms with E-state index in [0.717, 1.165) is 11.3 Å². The second-order valence-electron chi connectivity index (χ2n) is 6.99. The molecule has 1 amide bonds. The standard InChI is InChI=1S/C20H19Cl3N2O3S/c21-14-2-1-3-17(23)19(11-14)29(27)24-8-6-16(7-9-24)25-18-5-4-15(22)10-13(18)12-28-20(25)26/h1-5,10-11,16-17H,6-9,12H2. The molecule has 1 aliphatic carbocycles. The highest BCUT2D eigenvalue weighted by Crippen LogP contribution is 2.34. The number of ether oxygens (including phenoxy) is 1. The summed E-state index contributed by atoms with van der Waals surface area (Å²) in [5, 5.41) is 0.629. The first-order valence-corrected chi connectivity index (χ1v) is 11.5. The minimum absolute atomic E-state index is 0.0331. The predicted molar refractivity (Wildman–Crippen MR) is 118 cm³/mol. The lowest BCUT2D eigenvalue weighted by molar-refractivity contribution is 0.136. The van der Waals surface area contributed by atoms with Crippen molar-refractivity contribution in [1.82, 2.24) is 4.31 Å². The molecule has 1 fully saturated rings. The number of fused-ring (bicyclic) bond motifs is 1. The molecule has 2 atom stereocenters. The van der Waals surface area contributed by atoms with E-state index in [9.17, 15) is 9.00 Å². The molecule has 29 heavy (non-hydrogen) atoms. The summed E-state index contributed by atoms with van der Waals surface area (Å²) in [6.07, 6.45) is 7.90. The molecule has 0 saturated carbocycles. The van der Waals surface area contributed by atoms with Gasteiger partial charge in [-0.1, -0.05) is 35.4 Å². The van der Waals surface area contributed by atoms with Crippen molar-refractivity contribution in [2.75, 3.05) is 18.0 Å². The lowest BCUT2D eigenvalue weighted by Crippen LogP contribution is -2.50. The van der Waals surface area contributed by atoms with E-state index < -0.39 is 16.4 Å². The Kier molecular flexibility index (Phi) is 6.37. The van der Waals surface area contributed by atoms with Crippen molar-refractivity contribution in [3.63, 3.8) is 0 Å². The lowest BCUT2D eigenvalue weighted by atomic mass is 10.0. The second kappa shape index (κ2) is 8.82. The smallest absolute Gasteiger partial charge is 0.414 e. The van der Waals surface area contributed by atoms with E-state index in [0.29, 0.717) is 40.9 Å². The van der Waals surface area contributed by atoms with Crippen molar-refractivity contribution in [2.24, 2.45) is 0 Å². The Hall–Kier alpha value is -1.31. The maximum absolute atomic E-state index is 13.1. The number of piperidine rings is 1. The van der Waals surface area contributed by atoms with Crippen molar-refractivity contribution >= 4 is 57.6 Å². The summed E-state index contributed by atoms with van der Waals surface area (Å²) in [5.74, 6) is 0. The number of hydrogen-bond acceptors (Lipinski definition) is 3. The molecule has 0 N–H and O–H groups in total. The molecule has 2 aliphatic heterocycles. The summed E-state index contributed by atoms with van der Waals surface area (Å²) in [6, 6.07) is 5.43. The minimum Gasteiger partial charge on any atom is -0.444 e. The molecule has 1 saturated heterocycles. The molecular weight excluding hydrogens is 455 g/mol. The van der Waals surface area contributed by atoms with E-state index in [2.05, 4.69) is 0 Å². The van der Waals surface area contributed by atoms with E-state index in [-0.39, 0.29) is 18.7 Å². The molecule has 1 aromatic rings. The highest BCUT2D eigenvalue weighted by atomic mass is 35.5. The number of rotatable bonds is 3. The quantitative estimate of drug-likeness (QED) is 0.573. The maximum atomic E-state index is 13.1. The monoisotopic (exact) mass is 472 g/mol. The molecule has 2 heterocycles. The Bertz CT molecular complexity index is 939. The van der Waals surface area contributed by atoms with E-state index in [4.69, 9.17) is 39.5 Å². The molecule has 154 valence electrons. The molecule has 0 bridgehead atoms. The highest BCUT2D eigenvalue weighted by Gasteiger charge is 2.36. The van der Waals surface area contributed by atoms with Gasteiger partial charge in [-0.25, -0.2) is 13.3 Å². The molecule has 0 spiro atoms. The van der Waals surface area contributed by atoms with Crippen LogP contribution in [0.15, 0.2) is 52.4 Å². The summed E-state index contributed by atoms with van der Waals surface area (Å²) in [4.78, 5) is 14.7. The second-order valence-corrected chi connectivity index (χ2v) is 9.82. The van der Waals surface area contributed by atoms with Crippen LogP contribution in [0, 0.1) is 0 Å². The molecule has 4 rings (SSSR count). The Morgan fingerprint density at radius 1 is 1.17 bits per heavy atom. The number of carbonyl (C=O) groups excluding carboxylic acids is 1. The van der Waals surface area contributed by atoms with Crippen LogP contribution in [0.3, 0.4) is 0 Å². The highest BCUT2D eigenvalue weighted by molar-refractivity contribution is 7.86. The molecule has 1 aromatic carbocycles. The van der Waals surface area contributed by atoms with Crippen molar-refractivity contribution in [3.8, 4) is 0 Å². The van der Waals surface area contributed by atoms with Gasteiger partial charge in [0, 0.05) is 34.7 Å². The number of alkyl halides is 1. The zero-order chi connectivity index (χ0) is 20.5. The fraction of sp³-hybridized carbons (Fsp3) is 0.350. The number of amides is 1. The van der Waals surface area contributed by atoms with E-state index in [1.807, 2.05) is 16.4 Å². The molecule has 3 aliphatic rings. The Balaban J connectivity index is 1.48. The zero-order valence-corrected chi connectivity index (χ0v) is 18.5. The third-order valence-corrected chi connectivity index (χ3v) is 7.75. The van der Waals surface area contributed by atoms with Crippen molar-refractivity contribution in [2.45, 2.75) is 30.9 Å². The van der Waals surface area contributed by atoms with Crippen LogP contribution in [-0.4, -0.2) is 39.1 Å². The number of hydrogen-bond donors (Lipinski definition) is 0.